The molecule has 4 rings (SSSR count). The van der Waals surface area contributed by atoms with Gasteiger partial charge in [-0.3, -0.25) is 19.1 Å². The van der Waals surface area contributed by atoms with Gasteiger partial charge in [0.1, 0.15) is 11.2 Å². The maximum Gasteiger partial charge on any atom is 0.272 e. The molecule has 2 N–H and O–H groups in total. The van der Waals surface area contributed by atoms with Crippen molar-refractivity contribution in [2.24, 2.45) is 0 Å². The van der Waals surface area contributed by atoms with Crippen molar-refractivity contribution in [1.29, 1.82) is 0 Å². The number of carbonyl (C=O) groups is 3. The Hall–Kier alpha value is -2.42. The molecule has 188 valence electrons. The summed E-state index contributed by atoms with van der Waals surface area (Å²) in [5, 5.41) is 10.5. The van der Waals surface area contributed by atoms with E-state index in [4.69, 9.17) is 0 Å². The highest BCUT2D eigenvalue weighted by atomic mass is 16.2. The minimum Gasteiger partial charge on any atom is -0.351 e. The second-order valence-electron chi connectivity index (χ2n) is 10.4. The Bertz CT molecular complexity index is 908. The van der Waals surface area contributed by atoms with Crippen LogP contribution in [0.5, 0.6) is 0 Å². The Morgan fingerprint density at radius 2 is 1.91 bits per heavy atom. The van der Waals surface area contributed by atoms with E-state index in [1.165, 1.54) is 35.3 Å². The number of carbonyl (C=O) groups excluding carboxylic acids is 3. The molecule has 0 spiro atoms. The van der Waals surface area contributed by atoms with Crippen molar-refractivity contribution in [2.45, 2.75) is 95.8 Å². The van der Waals surface area contributed by atoms with Crippen LogP contribution in [0.4, 0.5) is 0 Å². The quantitative estimate of drug-likeness (QED) is 0.565. The van der Waals surface area contributed by atoms with Crippen LogP contribution in [0.2, 0.25) is 0 Å². The molecule has 1 aliphatic carbocycles. The molecular formula is C25H40N6O3. The maximum absolute atomic E-state index is 13.1. The summed E-state index contributed by atoms with van der Waals surface area (Å²) in [6, 6.07) is 2.37. The highest BCUT2D eigenvalue weighted by Gasteiger charge is 2.46. The minimum absolute atomic E-state index is 0.162. The van der Waals surface area contributed by atoms with Crippen LogP contribution in [0.3, 0.4) is 0 Å². The highest BCUT2D eigenvalue weighted by molar-refractivity contribution is 6.01. The lowest BCUT2D eigenvalue weighted by atomic mass is 9.95. The molecule has 1 saturated carbocycles. The van der Waals surface area contributed by atoms with Crippen LogP contribution in [-0.4, -0.2) is 81.6 Å². The molecule has 2 atom stereocenters. The van der Waals surface area contributed by atoms with Crippen LogP contribution in [0.25, 0.3) is 0 Å². The van der Waals surface area contributed by atoms with Gasteiger partial charge in [0.25, 0.3) is 11.8 Å². The molecule has 0 radical (unpaired) electrons. The summed E-state index contributed by atoms with van der Waals surface area (Å²) in [6.07, 6.45) is 10.1. The summed E-state index contributed by atoms with van der Waals surface area (Å²) >= 11 is 0. The fourth-order valence-corrected chi connectivity index (χ4v) is 5.64. The zero-order chi connectivity index (χ0) is 24.3. The van der Waals surface area contributed by atoms with Gasteiger partial charge < -0.3 is 20.4 Å². The number of aromatic nitrogens is 2. The first-order valence-corrected chi connectivity index (χ1v) is 13.0. The van der Waals surface area contributed by atoms with Crippen LogP contribution in [-0.2, 0) is 11.3 Å². The van der Waals surface area contributed by atoms with E-state index in [9.17, 15) is 14.4 Å². The van der Waals surface area contributed by atoms with Gasteiger partial charge in [-0.15, -0.1) is 0 Å². The molecule has 3 amide bonds. The Labute approximate surface area is 202 Å². The zero-order valence-corrected chi connectivity index (χ0v) is 20.9. The first-order chi connectivity index (χ1) is 16.3. The normalized spacial score (nSPS) is 25.9. The number of likely N-dealkylation sites (tertiary alicyclic amines) is 1. The topological polar surface area (TPSA) is 99.6 Å². The molecule has 0 bridgehead atoms. The van der Waals surface area contributed by atoms with Gasteiger partial charge in [0.05, 0.1) is 6.54 Å². The zero-order valence-electron chi connectivity index (χ0n) is 20.9. The maximum atomic E-state index is 13.1. The number of hydrogen-bond acceptors (Lipinski definition) is 5. The fraction of sp³-hybridized carbons (Fsp3) is 0.760. The van der Waals surface area contributed by atoms with Gasteiger partial charge in [-0.25, -0.2) is 0 Å². The molecule has 3 aliphatic rings. The molecular weight excluding hydrogens is 432 g/mol. The van der Waals surface area contributed by atoms with E-state index in [0.717, 1.165) is 45.2 Å². The molecule has 34 heavy (non-hydrogen) atoms. The molecule has 2 fully saturated rings. The Morgan fingerprint density at radius 3 is 2.65 bits per heavy atom. The second-order valence-corrected chi connectivity index (χ2v) is 10.4. The van der Waals surface area contributed by atoms with Gasteiger partial charge in [0.15, 0.2) is 5.69 Å². The highest BCUT2D eigenvalue weighted by Crippen LogP contribution is 2.27. The van der Waals surface area contributed by atoms with Crippen molar-refractivity contribution in [3.8, 4) is 0 Å². The van der Waals surface area contributed by atoms with Crippen molar-refractivity contribution in [2.75, 3.05) is 26.7 Å². The molecule has 1 aromatic heterocycles. The van der Waals surface area contributed by atoms with E-state index in [-0.39, 0.29) is 36.0 Å². The van der Waals surface area contributed by atoms with Crippen LogP contribution >= 0.6 is 0 Å². The van der Waals surface area contributed by atoms with Crippen LogP contribution in [0.15, 0.2) is 6.07 Å². The number of piperidine rings is 1. The summed E-state index contributed by atoms with van der Waals surface area (Å²) in [7, 11) is 1.65. The third kappa shape index (κ3) is 4.99. The van der Waals surface area contributed by atoms with E-state index in [1.807, 2.05) is 0 Å². The monoisotopic (exact) mass is 472 g/mol. The average Bonchev–Trinajstić information content (AvgIpc) is 3.50. The number of nitrogens with zero attached hydrogens (tertiary/aromatic N) is 4. The Morgan fingerprint density at radius 1 is 1.18 bits per heavy atom. The SMILES string of the molecule is CC[C@@H]1CCCCN1CCCNC(=O)c1cc2n(n1)C[C@](C)(C(=O)NC1CCCC1)N(C)C2=O. The van der Waals surface area contributed by atoms with Gasteiger partial charge in [-0.1, -0.05) is 26.2 Å². The number of amides is 3. The van der Waals surface area contributed by atoms with E-state index in [0.29, 0.717) is 18.3 Å². The summed E-state index contributed by atoms with van der Waals surface area (Å²) in [4.78, 5) is 42.9. The third-order valence-electron chi connectivity index (χ3n) is 8.04. The van der Waals surface area contributed by atoms with Gasteiger partial charge >= 0.3 is 0 Å². The van der Waals surface area contributed by atoms with Crippen LogP contribution in [0.1, 0.15) is 92.6 Å². The standard InChI is InChI=1S/C25H40N6O3/c1-4-19-12-7-8-14-30(19)15-9-13-26-22(32)20-16-21-23(33)29(3)25(2,17-31(21)28-20)24(34)27-18-10-5-6-11-18/h16,18-19H,4-15,17H2,1-3H3,(H,26,32)(H,27,34)/t19-,25-/m1/s1. The number of likely N-dealkylation sites (N-methyl/N-ethyl adjacent to an activating group) is 1. The summed E-state index contributed by atoms with van der Waals surface area (Å²) in [5.41, 5.74) is -0.476. The predicted molar refractivity (Wildman–Crippen MR) is 130 cm³/mol. The number of rotatable bonds is 8. The predicted octanol–water partition coefficient (Wildman–Crippen LogP) is 2.17. The molecule has 0 aromatic carbocycles. The lowest BCUT2D eigenvalue weighted by molar-refractivity contribution is -0.133. The van der Waals surface area contributed by atoms with Crippen LogP contribution < -0.4 is 10.6 Å². The van der Waals surface area contributed by atoms with Crippen molar-refractivity contribution in [3.05, 3.63) is 17.5 Å². The van der Waals surface area contributed by atoms with E-state index >= 15 is 0 Å². The first-order valence-electron chi connectivity index (χ1n) is 13.0. The van der Waals surface area contributed by atoms with E-state index in [2.05, 4.69) is 27.6 Å². The second kappa shape index (κ2) is 10.5. The summed E-state index contributed by atoms with van der Waals surface area (Å²) in [6.45, 7) is 6.93. The van der Waals surface area contributed by atoms with Gasteiger partial charge in [-0.05, 0) is 52.0 Å². The molecule has 0 unspecified atom stereocenters. The third-order valence-corrected chi connectivity index (χ3v) is 8.04. The number of fused-ring (bicyclic) bond motifs is 1. The van der Waals surface area contributed by atoms with Gasteiger partial charge in [0, 0.05) is 38.3 Å². The molecule has 9 heteroatoms. The molecule has 2 aliphatic heterocycles. The van der Waals surface area contributed by atoms with E-state index < -0.39 is 5.54 Å². The largest absolute Gasteiger partial charge is 0.351 e. The smallest absolute Gasteiger partial charge is 0.272 e. The number of hydrogen-bond donors (Lipinski definition) is 2. The average molecular weight is 473 g/mol. The van der Waals surface area contributed by atoms with Gasteiger partial charge in [-0.2, -0.15) is 5.10 Å². The Kier molecular flexibility index (Phi) is 7.60. The number of nitrogens with one attached hydrogen (secondary N) is 2. The van der Waals surface area contributed by atoms with Crippen molar-refractivity contribution in [3.63, 3.8) is 0 Å². The van der Waals surface area contributed by atoms with Crippen molar-refractivity contribution in [1.82, 2.24) is 30.2 Å². The lowest BCUT2D eigenvalue weighted by Crippen LogP contribution is -2.63. The molecule has 3 heterocycles. The van der Waals surface area contributed by atoms with Gasteiger partial charge in [0.2, 0.25) is 5.91 Å². The van der Waals surface area contributed by atoms with E-state index in [1.54, 1.807) is 20.0 Å². The molecule has 1 aromatic rings. The lowest BCUT2D eigenvalue weighted by Gasteiger charge is -2.41. The molecule has 9 nitrogen and oxygen atoms in total. The van der Waals surface area contributed by atoms with Crippen molar-refractivity contribution < 1.29 is 14.4 Å². The Balaban J connectivity index is 1.34. The minimum atomic E-state index is -1.04. The first kappa shape index (κ1) is 24.7. The molecule has 1 saturated heterocycles. The van der Waals surface area contributed by atoms with Crippen molar-refractivity contribution >= 4 is 17.7 Å². The fourth-order valence-electron chi connectivity index (χ4n) is 5.64. The summed E-state index contributed by atoms with van der Waals surface area (Å²) < 4.78 is 1.52. The van der Waals surface area contributed by atoms with Crippen LogP contribution in [0, 0.1) is 0 Å². The summed E-state index contributed by atoms with van der Waals surface area (Å²) in [5.74, 6) is -0.733.